The van der Waals surface area contributed by atoms with Gasteiger partial charge in [0.2, 0.25) is 5.78 Å². The molecule has 0 aliphatic heterocycles. The zero-order chi connectivity index (χ0) is 12.3. The molecule has 4 nitrogen and oxygen atoms in total. The van der Waals surface area contributed by atoms with Crippen molar-refractivity contribution in [1.82, 2.24) is 0 Å². The Balaban J connectivity index is 2.24. The van der Waals surface area contributed by atoms with Gasteiger partial charge in [-0.2, -0.15) is 0 Å². The third-order valence-electron chi connectivity index (χ3n) is 2.24. The maximum absolute atomic E-state index is 11.0. The number of hydrogen-bond donors (Lipinski definition) is 0. The lowest BCUT2D eigenvalue weighted by Crippen LogP contribution is -2.15. The normalized spacial score (nSPS) is 9.94. The van der Waals surface area contributed by atoms with Crippen LogP contribution < -0.4 is 4.89 Å². The first-order chi connectivity index (χ1) is 8.18. The van der Waals surface area contributed by atoms with Crippen molar-refractivity contribution in [2.24, 2.45) is 0 Å². The smallest absolute Gasteiger partial charge is 0.287 e. The highest BCUT2D eigenvalue weighted by Gasteiger charge is 2.12. The minimum atomic E-state index is -1.02. The quantitative estimate of drug-likeness (QED) is 0.461. The lowest BCUT2D eigenvalue weighted by molar-refractivity contribution is -0.212. The van der Waals surface area contributed by atoms with Crippen LogP contribution >= 0.6 is 0 Å². The first-order valence-electron chi connectivity index (χ1n) is 5.05. The summed E-state index contributed by atoms with van der Waals surface area (Å²) < 4.78 is 0. The van der Waals surface area contributed by atoms with Gasteiger partial charge in [-0.3, -0.25) is 9.68 Å². The molecular formula is C13H10O4. The summed E-state index contributed by atoms with van der Waals surface area (Å²) >= 11 is 0. The van der Waals surface area contributed by atoms with Crippen LogP contribution in [0.1, 0.15) is 6.92 Å². The van der Waals surface area contributed by atoms with Crippen LogP contribution in [0.15, 0.2) is 42.5 Å². The predicted molar refractivity (Wildman–Crippen MR) is 61.3 cm³/mol. The molecule has 0 spiro atoms. The van der Waals surface area contributed by atoms with Crippen LogP contribution in [0.5, 0.6) is 5.75 Å². The Morgan fingerprint density at radius 1 is 1.00 bits per heavy atom. The van der Waals surface area contributed by atoms with E-state index in [1.165, 1.54) is 0 Å². The van der Waals surface area contributed by atoms with Crippen molar-refractivity contribution in [2.45, 2.75) is 6.92 Å². The molecule has 2 aromatic rings. The molecule has 0 bridgehead atoms. The van der Waals surface area contributed by atoms with E-state index in [1.807, 2.05) is 30.3 Å². The van der Waals surface area contributed by atoms with Crippen molar-refractivity contribution < 1.29 is 19.4 Å². The van der Waals surface area contributed by atoms with Gasteiger partial charge in [0.15, 0.2) is 5.75 Å². The molecular weight excluding hydrogens is 220 g/mol. The number of carbonyl (C=O) groups excluding carboxylic acids is 2. The lowest BCUT2D eigenvalue weighted by atomic mass is 10.1. The van der Waals surface area contributed by atoms with Gasteiger partial charge in [-0.05, 0) is 11.5 Å². The molecule has 0 heterocycles. The van der Waals surface area contributed by atoms with E-state index in [1.54, 1.807) is 12.1 Å². The Labute approximate surface area is 97.7 Å². The average Bonchev–Trinajstić information content (AvgIpc) is 2.35. The van der Waals surface area contributed by atoms with Crippen LogP contribution in [0.3, 0.4) is 0 Å². The SMILES string of the molecule is CC(=O)C(=O)OOc1cccc2ccccc12. The standard InChI is InChI=1S/C13H10O4/c1-9(14)13(15)17-16-12-8-4-6-10-5-2-3-7-11(10)12/h2-8H,1H3. The van der Waals surface area contributed by atoms with Gasteiger partial charge in [-0.1, -0.05) is 36.4 Å². The Morgan fingerprint density at radius 2 is 1.71 bits per heavy atom. The van der Waals surface area contributed by atoms with E-state index in [2.05, 4.69) is 4.89 Å². The number of benzene rings is 2. The topological polar surface area (TPSA) is 52.6 Å². The largest absolute Gasteiger partial charge is 0.421 e. The summed E-state index contributed by atoms with van der Waals surface area (Å²) in [5, 5.41) is 1.77. The maximum Gasteiger partial charge on any atom is 0.421 e. The molecule has 0 saturated heterocycles. The highest BCUT2D eigenvalue weighted by atomic mass is 17.2. The molecule has 4 heteroatoms. The van der Waals surface area contributed by atoms with Crippen molar-refractivity contribution in [3.8, 4) is 5.75 Å². The zero-order valence-electron chi connectivity index (χ0n) is 9.17. The van der Waals surface area contributed by atoms with Gasteiger partial charge in [0.05, 0.1) is 0 Å². The number of fused-ring (bicyclic) bond motifs is 1. The second-order valence-electron chi connectivity index (χ2n) is 3.49. The molecule has 2 rings (SSSR count). The molecule has 0 saturated carbocycles. The third kappa shape index (κ3) is 2.42. The summed E-state index contributed by atoms with van der Waals surface area (Å²) in [6.07, 6.45) is 0. The summed E-state index contributed by atoms with van der Waals surface area (Å²) in [4.78, 5) is 30.9. The summed E-state index contributed by atoms with van der Waals surface area (Å²) in [5.41, 5.74) is 0. The van der Waals surface area contributed by atoms with Crippen LogP contribution in [0.4, 0.5) is 0 Å². The van der Waals surface area contributed by atoms with E-state index in [-0.39, 0.29) is 0 Å². The summed E-state index contributed by atoms with van der Waals surface area (Å²) in [6, 6.07) is 12.8. The first kappa shape index (κ1) is 11.1. The fourth-order valence-electron chi connectivity index (χ4n) is 1.41. The Hall–Kier alpha value is -2.36. The van der Waals surface area contributed by atoms with Crippen LogP contribution in [0, 0.1) is 0 Å². The third-order valence-corrected chi connectivity index (χ3v) is 2.24. The van der Waals surface area contributed by atoms with Crippen LogP contribution in [-0.2, 0) is 14.5 Å². The molecule has 0 atom stereocenters. The minimum absolute atomic E-state index is 0.401. The molecule has 0 amide bonds. The second-order valence-corrected chi connectivity index (χ2v) is 3.49. The van der Waals surface area contributed by atoms with Gasteiger partial charge >= 0.3 is 5.97 Å². The summed E-state index contributed by atoms with van der Waals surface area (Å²) in [6.45, 7) is 1.12. The van der Waals surface area contributed by atoms with Crippen molar-refractivity contribution in [1.29, 1.82) is 0 Å². The van der Waals surface area contributed by atoms with E-state index >= 15 is 0 Å². The van der Waals surface area contributed by atoms with Gasteiger partial charge in [0, 0.05) is 12.3 Å². The summed E-state index contributed by atoms with van der Waals surface area (Å²) in [5.74, 6) is -1.32. The maximum atomic E-state index is 11.0. The van der Waals surface area contributed by atoms with Crippen molar-refractivity contribution in [3.05, 3.63) is 42.5 Å². The number of ketones is 1. The molecule has 0 radical (unpaired) electrons. The van der Waals surface area contributed by atoms with E-state index in [0.29, 0.717) is 5.75 Å². The Bertz CT molecular complexity index is 569. The monoisotopic (exact) mass is 230 g/mol. The molecule has 0 fully saturated rings. The second kappa shape index (κ2) is 4.65. The highest BCUT2D eigenvalue weighted by molar-refractivity contribution is 6.32. The Morgan fingerprint density at radius 3 is 2.47 bits per heavy atom. The molecule has 17 heavy (non-hydrogen) atoms. The molecule has 0 unspecified atom stereocenters. The van der Waals surface area contributed by atoms with Gasteiger partial charge in [-0.25, -0.2) is 9.68 Å². The highest BCUT2D eigenvalue weighted by Crippen LogP contribution is 2.25. The molecule has 86 valence electrons. The Kier molecular flexibility index (Phi) is 3.05. The van der Waals surface area contributed by atoms with Crippen molar-refractivity contribution >= 4 is 22.5 Å². The molecule has 0 aliphatic carbocycles. The van der Waals surface area contributed by atoms with Crippen LogP contribution in [-0.4, -0.2) is 11.8 Å². The van der Waals surface area contributed by atoms with Crippen molar-refractivity contribution in [2.75, 3.05) is 0 Å². The van der Waals surface area contributed by atoms with Gasteiger partial charge in [0.1, 0.15) is 0 Å². The predicted octanol–water partition coefficient (Wildman–Crippen LogP) is 2.27. The number of rotatable bonds is 3. The van der Waals surface area contributed by atoms with Gasteiger partial charge < -0.3 is 0 Å². The number of hydrogen-bond acceptors (Lipinski definition) is 4. The molecule has 0 aliphatic rings. The van der Waals surface area contributed by atoms with Crippen molar-refractivity contribution in [3.63, 3.8) is 0 Å². The van der Waals surface area contributed by atoms with E-state index < -0.39 is 11.8 Å². The fraction of sp³-hybridized carbons (Fsp3) is 0.0769. The lowest BCUT2D eigenvalue weighted by Gasteiger charge is -2.05. The first-order valence-corrected chi connectivity index (χ1v) is 5.05. The van der Waals surface area contributed by atoms with E-state index in [4.69, 9.17) is 4.89 Å². The van der Waals surface area contributed by atoms with Gasteiger partial charge in [0.25, 0.3) is 0 Å². The van der Waals surface area contributed by atoms with Crippen LogP contribution in [0.25, 0.3) is 10.8 Å². The van der Waals surface area contributed by atoms with E-state index in [0.717, 1.165) is 17.7 Å². The molecule has 0 N–H and O–H groups in total. The zero-order valence-corrected chi connectivity index (χ0v) is 9.17. The average molecular weight is 230 g/mol. The number of Topliss-reactive ketones (excluding diaryl/α,β-unsaturated/α-hetero) is 1. The number of carbonyl (C=O) groups is 2. The summed E-state index contributed by atoms with van der Waals surface area (Å²) in [7, 11) is 0. The van der Waals surface area contributed by atoms with Gasteiger partial charge in [-0.15, -0.1) is 0 Å². The molecule has 0 aromatic heterocycles. The molecule has 2 aromatic carbocycles. The fourth-order valence-corrected chi connectivity index (χ4v) is 1.41. The van der Waals surface area contributed by atoms with E-state index in [9.17, 15) is 9.59 Å². The minimum Gasteiger partial charge on any atom is -0.287 e. The van der Waals surface area contributed by atoms with Crippen LogP contribution in [0.2, 0.25) is 0 Å².